The summed E-state index contributed by atoms with van der Waals surface area (Å²) in [4.78, 5) is 7.12. The molecule has 0 unspecified atom stereocenters. The first kappa shape index (κ1) is 19.9. The Kier molecular flexibility index (Phi) is 4.67. The third-order valence-corrected chi connectivity index (χ3v) is 6.90. The Bertz CT molecular complexity index is 1420. The number of thiazole rings is 1. The third-order valence-electron chi connectivity index (χ3n) is 5.06. The second-order valence-electron chi connectivity index (χ2n) is 6.83. The van der Waals surface area contributed by atoms with Gasteiger partial charge in [0.15, 0.2) is 0 Å². The molecule has 1 N–H and O–H groups in total. The van der Waals surface area contributed by atoms with Crippen molar-refractivity contribution in [3.63, 3.8) is 0 Å². The quantitative estimate of drug-likeness (QED) is 0.308. The van der Waals surface area contributed by atoms with Crippen LogP contribution in [0.4, 0.5) is 13.2 Å². The summed E-state index contributed by atoms with van der Waals surface area (Å²) in [6.07, 6.45) is -4.55. The van der Waals surface area contributed by atoms with Crippen LogP contribution < -0.4 is 9.47 Å². The maximum atomic E-state index is 13.8. The van der Waals surface area contributed by atoms with Crippen LogP contribution in [-0.2, 0) is 6.18 Å². The van der Waals surface area contributed by atoms with Gasteiger partial charge in [-0.1, -0.05) is 0 Å². The molecular weight excluding hydrogens is 445 g/mol. The molecule has 5 aromatic rings. The van der Waals surface area contributed by atoms with Crippen molar-refractivity contribution in [2.24, 2.45) is 0 Å². The topological polar surface area (TPSA) is 47.1 Å². The van der Waals surface area contributed by atoms with Crippen LogP contribution in [0.3, 0.4) is 0 Å². The predicted molar refractivity (Wildman–Crippen MR) is 118 cm³/mol. The third kappa shape index (κ3) is 3.34. The van der Waals surface area contributed by atoms with E-state index in [4.69, 9.17) is 9.47 Å². The molecule has 5 rings (SSSR count). The molecule has 4 nitrogen and oxygen atoms in total. The van der Waals surface area contributed by atoms with Crippen LogP contribution in [0.1, 0.15) is 5.69 Å². The zero-order valence-electron chi connectivity index (χ0n) is 16.3. The average Bonchev–Trinajstić information content (AvgIpc) is 3.47. The lowest BCUT2D eigenvalue weighted by Gasteiger charge is -2.06. The van der Waals surface area contributed by atoms with Gasteiger partial charge in [-0.05, 0) is 36.4 Å². The van der Waals surface area contributed by atoms with E-state index in [0.29, 0.717) is 27.4 Å². The number of alkyl halides is 3. The molecule has 0 aliphatic carbocycles. The van der Waals surface area contributed by atoms with E-state index < -0.39 is 11.9 Å². The Morgan fingerprint density at radius 2 is 1.61 bits per heavy atom. The van der Waals surface area contributed by atoms with Crippen LogP contribution in [0, 0.1) is 0 Å². The monoisotopic (exact) mass is 460 g/mol. The molecule has 3 heterocycles. The molecule has 0 atom stereocenters. The van der Waals surface area contributed by atoms with Gasteiger partial charge in [-0.15, -0.1) is 22.7 Å². The molecule has 0 aliphatic heterocycles. The van der Waals surface area contributed by atoms with E-state index in [-0.39, 0.29) is 11.3 Å². The molecule has 2 aromatic carbocycles. The largest absolute Gasteiger partial charge is 0.497 e. The number of ether oxygens (including phenoxy) is 2. The first-order chi connectivity index (χ1) is 14.9. The summed E-state index contributed by atoms with van der Waals surface area (Å²) in [5, 5.41) is 5.66. The summed E-state index contributed by atoms with van der Waals surface area (Å²) < 4.78 is 53.1. The van der Waals surface area contributed by atoms with E-state index in [9.17, 15) is 13.2 Å². The maximum absolute atomic E-state index is 13.8. The predicted octanol–water partition coefficient (Wildman–Crippen LogP) is 7.21. The summed E-state index contributed by atoms with van der Waals surface area (Å²) in [6, 6.07) is 10.6. The van der Waals surface area contributed by atoms with Gasteiger partial charge < -0.3 is 14.5 Å². The van der Waals surface area contributed by atoms with Crippen molar-refractivity contribution >= 4 is 43.7 Å². The van der Waals surface area contributed by atoms with Gasteiger partial charge in [0.1, 0.15) is 22.2 Å². The van der Waals surface area contributed by atoms with E-state index in [1.54, 1.807) is 42.0 Å². The molecule has 158 valence electrons. The van der Waals surface area contributed by atoms with E-state index >= 15 is 0 Å². The summed E-state index contributed by atoms with van der Waals surface area (Å²) in [5.74, 6) is 1.19. The zero-order valence-corrected chi connectivity index (χ0v) is 18.0. The standard InChI is InChI=1S/C22H15F3N2O2S2/c1-28-11-3-5-16-14(8-11)19(20(26-16)22(23,24)25)17-10-31-21(27-17)15-9-30-18-6-4-12(29-2)7-13(15)18/h3-10,26H,1-2H3. The fraction of sp³-hybridized carbons (Fsp3) is 0.136. The number of nitrogens with zero attached hydrogens (tertiary/aromatic N) is 1. The molecule has 0 bridgehead atoms. The molecular formula is C22H15F3N2O2S2. The number of hydrogen-bond donors (Lipinski definition) is 1. The smallest absolute Gasteiger partial charge is 0.431 e. The number of H-pyrrole nitrogens is 1. The fourth-order valence-corrected chi connectivity index (χ4v) is 5.43. The Labute approximate surface area is 182 Å². The molecule has 3 aromatic heterocycles. The van der Waals surface area contributed by atoms with E-state index in [0.717, 1.165) is 15.6 Å². The lowest BCUT2D eigenvalue weighted by atomic mass is 10.1. The first-order valence-corrected chi connectivity index (χ1v) is 10.9. The number of thiophene rings is 1. The lowest BCUT2D eigenvalue weighted by Crippen LogP contribution is -2.07. The van der Waals surface area contributed by atoms with Gasteiger partial charge >= 0.3 is 6.18 Å². The molecule has 0 spiro atoms. The van der Waals surface area contributed by atoms with Gasteiger partial charge in [0.05, 0.1) is 19.9 Å². The first-order valence-electron chi connectivity index (χ1n) is 9.17. The zero-order chi connectivity index (χ0) is 21.8. The summed E-state index contributed by atoms with van der Waals surface area (Å²) >= 11 is 2.87. The summed E-state index contributed by atoms with van der Waals surface area (Å²) in [7, 11) is 3.08. The normalized spacial score (nSPS) is 12.0. The van der Waals surface area contributed by atoms with Crippen LogP contribution in [-0.4, -0.2) is 24.2 Å². The van der Waals surface area contributed by atoms with Crippen LogP contribution in [0.15, 0.2) is 47.2 Å². The Balaban J connectivity index is 1.70. The van der Waals surface area contributed by atoms with Crippen molar-refractivity contribution in [1.29, 1.82) is 0 Å². The van der Waals surface area contributed by atoms with Gasteiger partial charge in [-0.2, -0.15) is 13.2 Å². The van der Waals surface area contributed by atoms with Crippen molar-refractivity contribution < 1.29 is 22.6 Å². The van der Waals surface area contributed by atoms with Gasteiger partial charge in [0.2, 0.25) is 0 Å². The minimum absolute atomic E-state index is 0.0287. The van der Waals surface area contributed by atoms with E-state index in [1.807, 2.05) is 23.6 Å². The molecule has 0 saturated heterocycles. The highest BCUT2D eigenvalue weighted by molar-refractivity contribution is 7.19. The fourth-order valence-electron chi connectivity index (χ4n) is 3.59. The van der Waals surface area contributed by atoms with Crippen LogP contribution in [0.25, 0.3) is 42.8 Å². The highest BCUT2D eigenvalue weighted by Crippen LogP contribution is 2.44. The SMILES string of the molecule is COc1ccc2[nH]c(C(F)(F)F)c(-c3csc(-c4csc5ccc(OC)cc45)n3)c2c1. The molecule has 0 fully saturated rings. The molecule has 31 heavy (non-hydrogen) atoms. The van der Waals surface area contributed by atoms with Crippen molar-refractivity contribution in [2.75, 3.05) is 14.2 Å². The Morgan fingerprint density at radius 1 is 0.903 bits per heavy atom. The second kappa shape index (κ2) is 7.28. The minimum Gasteiger partial charge on any atom is -0.497 e. The van der Waals surface area contributed by atoms with Crippen molar-refractivity contribution in [2.45, 2.75) is 6.18 Å². The van der Waals surface area contributed by atoms with Crippen molar-refractivity contribution in [3.8, 4) is 33.3 Å². The number of hydrogen-bond acceptors (Lipinski definition) is 5. The highest BCUT2D eigenvalue weighted by atomic mass is 32.1. The molecule has 0 radical (unpaired) electrons. The number of rotatable bonds is 4. The number of fused-ring (bicyclic) bond motifs is 2. The van der Waals surface area contributed by atoms with E-state index in [1.165, 1.54) is 18.4 Å². The minimum atomic E-state index is -4.55. The van der Waals surface area contributed by atoms with E-state index in [2.05, 4.69) is 9.97 Å². The number of aromatic nitrogens is 2. The van der Waals surface area contributed by atoms with Crippen molar-refractivity contribution in [1.82, 2.24) is 9.97 Å². The summed E-state index contributed by atoms with van der Waals surface area (Å²) in [6.45, 7) is 0. The molecule has 9 heteroatoms. The molecule has 0 aliphatic rings. The number of nitrogens with one attached hydrogen (secondary N) is 1. The van der Waals surface area contributed by atoms with Gasteiger partial charge in [0, 0.05) is 42.9 Å². The lowest BCUT2D eigenvalue weighted by molar-refractivity contribution is -0.140. The second-order valence-corrected chi connectivity index (χ2v) is 8.60. The summed E-state index contributed by atoms with van der Waals surface area (Å²) in [5.41, 5.74) is 0.740. The highest BCUT2D eigenvalue weighted by Gasteiger charge is 2.37. The van der Waals surface area contributed by atoms with Crippen LogP contribution in [0.5, 0.6) is 11.5 Å². The number of benzene rings is 2. The Hall–Kier alpha value is -3.04. The van der Waals surface area contributed by atoms with Gasteiger partial charge in [0.25, 0.3) is 0 Å². The number of halogens is 3. The van der Waals surface area contributed by atoms with Crippen LogP contribution in [0.2, 0.25) is 0 Å². The average molecular weight is 461 g/mol. The number of aromatic amines is 1. The maximum Gasteiger partial charge on any atom is 0.431 e. The van der Waals surface area contributed by atoms with Crippen LogP contribution >= 0.6 is 22.7 Å². The van der Waals surface area contributed by atoms with Crippen molar-refractivity contribution in [3.05, 3.63) is 52.9 Å². The number of methoxy groups -OCH3 is 2. The Morgan fingerprint density at radius 3 is 2.32 bits per heavy atom. The van der Waals surface area contributed by atoms with Gasteiger partial charge in [-0.3, -0.25) is 0 Å². The molecule has 0 saturated carbocycles. The van der Waals surface area contributed by atoms with Gasteiger partial charge in [-0.25, -0.2) is 4.98 Å². The molecule has 0 amide bonds.